The van der Waals surface area contributed by atoms with E-state index in [9.17, 15) is 13.2 Å². The quantitative estimate of drug-likeness (QED) is 0.702. The number of alkyl halides is 3. The summed E-state index contributed by atoms with van der Waals surface area (Å²) in [5.41, 5.74) is 1.50. The van der Waals surface area contributed by atoms with Gasteiger partial charge >= 0.3 is 6.18 Å². The zero-order valence-corrected chi connectivity index (χ0v) is 14.8. The number of benzene rings is 1. The molecule has 3 heterocycles. The second-order valence-electron chi connectivity index (χ2n) is 6.65. The third-order valence-corrected chi connectivity index (χ3v) is 4.74. The average molecular weight is 376 g/mol. The average Bonchev–Trinajstić information content (AvgIpc) is 3.02. The van der Waals surface area contributed by atoms with Gasteiger partial charge in [0.1, 0.15) is 0 Å². The number of rotatable bonds is 3. The molecule has 5 nitrogen and oxygen atoms in total. The van der Waals surface area contributed by atoms with Gasteiger partial charge in [-0.1, -0.05) is 18.2 Å². The molecule has 0 spiro atoms. The van der Waals surface area contributed by atoms with Crippen LogP contribution in [-0.4, -0.2) is 46.0 Å². The summed E-state index contributed by atoms with van der Waals surface area (Å²) in [5.74, 6) is 0. The zero-order valence-electron chi connectivity index (χ0n) is 14.8. The first-order chi connectivity index (χ1) is 12.9. The second-order valence-corrected chi connectivity index (χ2v) is 6.65. The van der Waals surface area contributed by atoms with E-state index in [0.29, 0.717) is 24.5 Å². The third kappa shape index (κ3) is 3.68. The zero-order chi connectivity index (χ0) is 19.0. The Morgan fingerprint density at radius 3 is 2.67 bits per heavy atom. The Hall–Kier alpha value is -2.45. The highest BCUT2D eigenvalue weighted by Gasteiger charge is 2.34. The lowest BCUT2D eigenvalue weighted by Gasteiger charge is -2.26. The van der Waals surface area contributed by atoms with Crippen molar-refractivity contribution in [2.24, 2.45) is 7.05 Å². The molecule has 0 N–H and O–H groups in total. The highest BCUT2D eigenvalue weighted by atomic mass is 19.4. The molecule has 0 aliphatic carbocycles. The van der Waals surface area contributed by atoms with Crippen LogP contribution in [0.15, 0.2) is 36.5 Å². The molecule has 1 aliphatic rings. The Morgan fingerprint density at radius 1 is 1.15 bits per heavy atom. The van der Waals surface area contributed by atoms with Gasteiger partial charge in [0.15, 0.2) is 5.65 Å². The SMILES string of the molecule is Cn1ncc2c(C(F)(F)F)cc(-c3cccc(CN4CCOCC4)c3)nc21. The Balaban J connectivity index is 1.73. The van der Waals surface area contributed by atoms with Gasteiger partial charge in [0, 0.05) is 32.2 Å². The van der Waals surface area contributed by atoms with Crippen molar-refractivity contribution in [2.45, 2.75) is 12.7 Å². The number of aromatic nitrogens is 3. The fourth-order valence-corrected chi connectivity index (χ4v) is 3.34. The molecule has 0 atom stereocenters. The fraction of sp³-hybridized carbons (Fsp3) is 0.368. The van der Waals surface area contributed by atoms with Crippen molar-refractivity contribution in [3.8, 4) is 11.3 Å². The van der Waals surface area contributed by atoms with Crippen molar-refractivity contribution in [1.29, 1.82) is 0 Å². The number of ether oxygens (including phenoxy) is 1. The number of hydrogen-bond donors (Lipinski definition) is 0. The van der Waals surface area contributed by atoms with Gasteiger partial charge in [-0.2, -0.15) is 18.3 Å². The number of hydrogen-bond acceptors (Lipinski definition) is 4. The van der Waals surface area contributed by atoms with E-state index in [2.05, 4.69) is 15.0 Å². The van der Waals surface area contributed by atoms with E-state index in [0.717, 1.165) is 31.3 Å². The summed E-state index contributed by atoms with van der Waals surface area (Å²) in [6, 6.07) is 8.63. The van der Waals surface area contributed by atoms with E-state index in [1.54, 1.807) is 13.1 Å². The van der Waals surface area contributed by atoms with Gasteiger partial charge in [0.2, 0.25) is 0 Å². The largest absolute Gasteiger partial charge is 0.417 e. The summed E-state index contributed by atoms with van der Waals surface area (Å²) < 4.78 is 47.3. The minimum absolute atomic E-state index is 0.0122. The molecule has 1 fully saturated rings. The smallest absolute Gasteiger partial charge is 0.379 e. The molecule has 0 amide bonds. The van der Waals surface area contributed by atoms with Crippen LogP contribution in [0.4, 0.5) is 13.2 Å². The van der Waals surface area contributed by atoms with Crippen LogP contribution in [0.5, 0.6) is 0 Å². The van der Waals surface area contributed by atoms with Crippen LogP contribution in [0.25, 0.3) is 22.3 Å². The maximum absolute atomic E-state index is 13.5. The van der Waals surface area contributed by atoms with Gasteiger partial charge in [-0.15, -0.1) is 0 Å². The standard InChI is InChI=1S/C19H19F3N4O/c1-25-18-15(11-23-25)16(19(20,21)22)10-17(24-18)14-4-2-3-13(9-14)12-26-5-7-27-8-6-26/h2-4,9-11H,5-8,12H2,1H3. The first-order valence-electron chi connectivity index (χ1n) is 8.71. The lowest BCUT2D eigenvalue weighted by atomic mass is 10.0. The highest BCUT2D eigenvalue weighted by molar-refractivity contribution is 5.83. The first-order valence-corrected chi connectivity index (χ1v) is 8.71. The Bertz CT molecular complexity index is 961. The lowest BCUT2D eigenvalue weighted by Crippen LogP contribution is -2.35. The molecule has 2 aromatic heterocycles. The van der Waals surface area contributed by atoms with Gasteiger partial charge < -0.3 is 4.74 Å². The first kappa shape index (κ1) is 17.9. The molecule has 0 bridgehead atoms. The molecule has 0 saturated carbocycles. The van der Waals surface area contributed by atoms with Crippen LogP contribution in [0.1, 0.15) is 11.1 Å². The molecule has 3 aromatic rings. The summed E-state index contributed by atoms with van der Waals surface area (Å²) in [6.45, 7) is 3.83. The van der Waals surface area contributed by atoms with Crippen molar-refractivity contribution in [3.63, 3.8) is 0 Å². The van der Waals surface area contributed by atoms with Gasteiger partial charge in [-0.25, -0.2) is 4.98 Å². The summed E-state index contributed by atoms with van der Waals surface area (Å²) >= 11 is 0. The van der Waals surface area contributed by atoms with Crippen LogP contribution in [0, 0.1) is 0 Å². The maximum atomic E-state index is 13.5. The van der Waals surface area contributed by atoms with Crippen molar-refractivity contribution < 1.29 is 17.9 Å². The summed E-state index contributed by atoms with van der Waals surface area (Å²) in [7, 11) is 1.59. The predicted molar refractivity (Wildman–Crippen MR) is 95.0 cm³/mol. The number of pyridine rings is 1. The topological polar surface area (TPSA) is 43.2 Å². The molecule has 27 heavy (non-hydrogen) atoms. The Labute approximate surface area is 154 Å². The molecule has 0 unspecified atom stereocenters. The molecule has 1 aromatic carbocycles. The van der Waals surface area contributed by atoms with Crippen molar-refractivity contribution in [3.05, 3.63) is 47.7 Å². The minimum Gasteiger partial charge on any atom is -0.379 e. The molecule has 0 radical (unpaired) electrons. The Morgan fingerprint density at radius 2 is 1.93 bits per heavy atom. The summed E-state index contributed by atoms with van der Waals surface area (Å²) in [4.78, 5) is 6.70. The molecule has 8 heteroatoms. The third-order valence-electron chi connectivity index (χ3n) is 4.74. The van der Waals surface area contributed by atoms with Crippen LogP contribution < -0.4 is 0 Å². The number of nitrogens with zero attached hydrogens (tertiary/aromatic N) is 4. The fourth-order valence-electron chi connectivity index (χ4n) is 3.34. The number of fused-ring (bicyclic) bond motifs is 1. The molecule has 142 valence electrons. The number of halogens is 3. The van der Waals surface area contributed by atoms with E-state index < -0.39 is 11.7 Å². The van der Waals surface area contributed by atoms with E-state index in [1.165, 1.54) is 10.9 Å². The highest BCUT2D eigenvalue weighted by Crippen LogP contribution is 2.36. The molecule has 4 rings (SSSR count). The summed E-state index contributed by atoms with van der Waals surface area (Å²) in [6.07, 6.45) is -3.26. The number of morpholine rings is 1. The molecular weight excluding hydrogens is 357 g/mol. The van der Waals surface area contributed by atoms with Crippen LogP contribution >= 0.6 is 0 Å². The van der Waals surface area contributed by atoms with Crippen LogP contribution in [-0.2, 0) is 24.5 Å². The normalized spacial score (nSPS) is 16.1. The van der Waals surface area contributed by atoms with E-state index in [-0.39, 0.29) is 11.0 Å². The number of aryl methyl sites for hydroxylation is 1. The monoisotopic (exact) mass is 376 g/mol. The van der Waals surface area contributed by atoms with Gasteiger partial charge in [-0.05, 0) is 17.7 Å². The van der Waals surface area contributed by atoms with Gasteiger partial charge in [-0.3, -0.25) is 9.58 Å². The molecule has 1 aliphatic heterocycles. The predicted octanol–water partition coefficient (Wildman–Crippen LogP) is 3.49. The van der Waals surface area contributed by atoms with Gasteiger partial charge in [0.05, 0.1) is 36.1 Å². The van der Waals surface area contributed by atoms with Crippen LogP contribution in [0.2, 0.25) is 0 Å². The van der Waals surface area contributed by atoms with Crippen molar-refractivity contribution in [2.75, 3.05) is 26.3 Å². The lowest BCUT2D eigenvalue weighted by molar-refractivity contribution is -0.136. The van der Waals surface area contributed by atoms with E-state index in [1.807, 2.05) is 18.2 Å². The van der Waals surface area contributed by atoms with Crippen molar-refractivity contribution in [1.82, 2.24) is 19.7 Å². The Kier molecular flexibility index (Phi) is 4.61. The molecule has 1 saturated heterocycles. The van der Waals surface area contributed by atoms with Crippen molar-refractivity contribution >= 4 is 11.0 Å². The second kappa shape index (κ2) is 6.94. The summed E-state index contributed by atoms with van der Waals surface area (Å²) in [5, 5.41) is 3.95. The maximum Gasteiger partial charge on any atom is 0.417 e. The van der Waals surface area contributed by atoms with E-state index in [4.69, 9.17) is 4.74 Å². The van der Waals surface area contributed by atoms with E-state index >= 15 is 0 Å². The van der Waals surface area contributed by atoms with Crippen LogP contribution in [0.3, 0.4) is 0 Å². The van der Waals surface area contributed by atoms with Gasteiger partial charge in [0.25, 0.3) is 0 Å². The minimum atomic E-state index is -4.47. The molecular formula is C19H19F3N4O.